The smallest absolute Gasteiger partial charge is 0.252 e. The average Bonchev–Trinajstić information content (AvgIpc) is 2.36. The molecule has 0 aliphatic rings. The molecule has 1 aromatic carbocycles. The summed E-state index contributed by atoms with van der Waals surface area (Å²) in [5.41, 5.74) is 1.32. The van der Waals surface area contributed by atoms with E-state index in [-0.39, 0.29) is 5.91 Å². The van der Waals surface area contributed by atoms with Gasteiger partial charge < -0.3 is 5.32 Å². The van der Waals surface area contributed by atoms with Crippen molar-refractivity contribution in [2.45, 2.75) is 18.4 Å². The lowest BCUT2D eigenvalue weighted by Gasteiger charge is -2.07. The van der Waals surface area contributed by atoms with Crippen LogP contribution in [0.25, 0.3) is 0 Å². The summed E-state index contributed by atoms with van der Waals surface area (Å²) in [6.45, 7) is 2.18. The molecule has 0 saturated heterocycles. The number of benzene rings is 1. The molecule has 0 fully saturated rings. The number of aromatic nitrogens is 2. The fourth-order valence-electron chi connectivity index (χ4n) is 1.57. The van der Waals surface area contributed by atoms with Crippen LogP contribution >= 0.6 is 28.6 Å². The van der Waals surface area contributed by atoms with Crippen LogP contribution in [-0.2, 0) is 6.54 Å². The van der Waals surface area contributed by atoms with Crippen molar-refractivity contribution >= 4 is 34.5 Å². The maximum atomic E-state index is 12.0. The lowest BCUT2D eigenvalue weighted by atomic mass is 10.2. The van der Waals surface area contributed by atoms with Crippen LogP contribution in [0.3, 0.4) is 0 Å². The Morgan fingerprint density at radius 1 is 1.42 bits per heavy atom. The Kier molecular flexibility index (Phi) is 4.55. The van der Waals surface area contributed by atoms with Gasteiger partial charge >= 0.3 is 0 Å². The van der Waals surface area contributed by atoms with E-state index in [1.165, 1.54) is 0 Å². The first-order valence-corrected chi connectivity index (χ1v) is 6.85. The molecule has 1 amide bonds. The number of carbonyl (C=O) groups excluding carboxylic acids is 1. The highest BCUT2D eigenvalue weighted by molar-refractivity contribution is 9.10. The summed E-state index contributed by atoms with van der Waals surface area (Å²) < 4.78 is 0.889. The minimum atomic E-state index is -0.172. The van der Waals surface area contributed by atoms with E-state index in [2.05, 4.69) is 43.8 Å². The molecule has 4 nitrogen and oxygen atoms in total. The largest absolute Gasteiger partial charge is 0.346 e. The van der Waals surface area contributed by atoms with Gasteiger partial charge in [-0.05, 0) is 31.2 Å². The Labute approximate surface area is 125 Å². The number of nitrogens with one attached hydrogen (secondary N) is 1. The van der Waals surface area contributed by atoms with E-state index < -0.39 is 0 Å². The molecule has 0 aliphatic carbocycles. The normalized spacial score (nSPS) is 10.3. The maximum absolute atomic E-state index is 12.0. The molecule has 98 valence electrons. The Balaban J connectivity index is 2.05. The monoisotopic (exact) mass is 337 g/mol. The van der Waals surface area contributed by atoms with Crippen LogP contribution in [0.5, 0.6) is 0 Å². The topological polar surface area (TPSA) is 54.9 Å². The highest BCUT2D eigenvalue weighted by Crippen LogP contribution is 2.19. The van der Waals surface area contributed by atoms with E-state index in [4.69, 9.17) is 0 Å². The molecule has 1 N–H and O–H groups in total. The summed E-state index contributed by atoms with van der Waals surface area (Å²) in [6.07, 6.45) is 1.67. The number of hydrogen-bond acceptors (Lipinski definition) is 4. The zero-order chi connectivity index (χ0) is 13.8. The molecule has 0 atom stereocenters. The molecular formula is C13H12BrN3OS. The van der Waals surface area contributed by atoms with Crippen molar-refractivity contribution < 1.29 is 4.79 Å². The second-order valence-corrected chi connectivity index (χ2v) is 5.34. The van der Waals surface area contributed by atoms with Crippen molar-refractivity contribution in [1.29, 1.82) is 0 Å². The standard InChI is InChI=1S/C13H12BrN3OS/c1-8-15-5-4-10(17-8)7-16-13(18)11-3-2-9(14)6-12(11)19/h2-6,19H,7H2,1H3,(H,16,18). The molecule has 0 aliphatic heterocycles. The van der Waals surface area contributed by atoms with Gasteiger partial charge in [-0.3, -0.25) is 4.79 Å². The SMILES string of the molecule is Cc1nccc(CNC(=O)c2ccc(Br)cc2S)n1. The van der Waals surface area contributed by atoms with Gasteiger partial charge in [0.2, 0.25) is 0 Å². The lowest BCUT2D eigenvalue weighted by Crippen LogP contribution is -2.23. The van der Waals surface area contributed by atoms with Crippen LogP contribution in [0.4, 0.5) is 0 Å². The molecule has 0 saturated carbocycles. The third-order valence-corrected chi connectivity index (χ3v) is 3.33. The number of thiol groups is 1. The maximum Gasteiger partial charge on any atom is 0.252 e. The number of hydrogen-bond donors (Lipinski definition) is 2. The van der Waals surface area contributed by atoms with Gasteiger partial charge in [0, 0.05) is 15.6 Å². The summed E-state index contributed by atoms with van der Waals surface area (Å²) in [5.74, 6) is 0.513. The van der Waals surface area contributed by atoms with Gasteiger partial charge in [-0.1, -0.05) is 15.9 Å². The summed E-state index contributed by atoms with van der Waals surface area (Å²) in [7, 11) is 0. The number of amides is 1. The zero-order valence-corrected chi connectivity index (χ0v) is 12.7. The Morgan fingerprint density at radius 2 is 2.21 bits per heavy atom. The van der Waals surface area contributed by atoms with Crippen LogP contribution in [0.1, 0.15) is 21.9 Å². The van der Waals surface area contributed by atoms with Gasteiger partial charge in [-0.15, -0.1) is 12.6 Å². The highest BCUT2D eigenvalue weighted by Gasteiger charge is 2.09. The highest BCUT2D eigenvalue weighted by atomic mass is 79.9. The number of aryl methyl sites for hydroxylation is 1. The summed E-state index contributed by atoms with van der Waals surface area (Å²) >= 11 is 7.62. The zero-order valence-electron chi connectivity index (χ0n) is 10.2. The van der Waals surface area contributed by atoms with E-state index in [1.807, 2.05) is 13.0 Å². The molecule has 2 rings (SSSR count). The molecule has 6 heteroatoms. The quantitative estimate of drug-likeness (QED) is 0.846. The fraction of sp³-hybridized carbons (Fsp3) is 0.154. The fourth-order valence-corrected chi connectivity index (χ4v) is 2.42. The molecule has 1 aromatic heterocycles. The molecule has 0 spiro atoms. The van der Waals surface area contributed by atoms with E-state index in [1.54, 1.807) is 24.4 Å². The predicted molar refractivity (Wildman–Crippen MR) is 79.3 cm³/mol. The Bertz CT molecular complexity index is 619. The minimum Gasteiger partial charge on any atom is -0.346 e. The van der Waals surface area contributed by atoms with Crippen molar-refractivity contribution in [2.24, 2.45) is 0 Å². The molecule has 0 unspecified atom stereocenters. The van der Waals surface area contributed by atoms with Gasteiger partial charge in [-0.25, -0.2) is 9.97 Å². The predicted octanol–water partition coefficient (Wildman–Crippen LogP) is 2.77. The number of carbonyl (C=O) groups is 1. The van der Waals surface area contributed by atoms with Gasteiger partial charge in [-0.2, -0.15) is 0 Å². The number of nitrogens with zero attached hydrogens (tertiary/aromatic N) is 2. The van der Waals surface area contributed by atoms with Gasteiger partial charge in [0.1, 0.15) is 5.82 Å². The lowest BCUT2D eigenvalue weighted by molar-refractivity contribution is 0.0947. The van der Waals surface area contributed by atoms with E-state index in [0.29, 0.717) is 22.8 Å². The van der Waals surface area contributed by atoms with Crippen molar-refractivity contribution in [3.63, 3.8) is 0 Å². The summed E-state index contributed by atoms with van der Waals surface area (Å²) in [5, 5.41) is 2.81. The molecule has 2 aromatic rings. The molecule has 0 radical (unpaired) electrons. The van der Waals surface area contributed by atoms with Crippen molar-refractivity contribution in [1.82, 2.24) is 15.3 Å². The van der Waals surface area contributed by atoms with Gasteiger partial charge in [0.15, 0.2) is 0 Å². The summed E-state index contributed by atoms with van der Waals surface area (Å²) in [4.78, 5) is 20.9. The second kappa shape index (κ2) is 6.16. The summed E-state index contributed by atoms with van der Waals surface area (Å²) in [6, 6.07) is 7.10. The van der Waals surface area contributed by atoms with Crippen LogP contribution in [-0.4, -0.2) is 15.9 Å². The van der Waals surface area contributed by atoms with Crippen molar-refractivity contribution in [2.75, 3.05) is 0 Å². The second-order valence-electron chi connectivity index (χ2n) is 3.94. The Morgan fingerprint density at radius 3 is 2.89 bits per heavy atom. The van der Waals surface area contributed by atoms with Gasteiger partial charge in [0.25, 0.3) is 5.91 Å². The van der Waals surface area contributed by atoms with Crippen LogP contribution in [0.15, 0.2) is 39.8 Å². The van der Waals surface area contributed by atoms with E-state index >= 15 is 0 Å². The van der Waals surface area contributed by atoms with Crippen molar-refractivity contribution in [3.05, 3.63) is 52.0 Å². The third kappa shape index (κ3) is 3.78. The molecule has 1 heterocycles. The van der Waals surface area contributed by atoms with Crippen LogP contribution < -0.4 is 5.32 Å². The third-order valence-electron chi connectivity index (χ3n) is 2.47. The number of halogens is 1. The van der Waals surface area contributed by atoms with Gasteiger partial charge in [0.05, 0.1) is 17.8 Å². The first-order chi connectivity index (χ1) is 9.06. The van der Waals surface area contributed by atoms with Crippen LogP contribution in [0.2, 0.25) is 0 Å². The molecule has 0 bridgehead atoms. The first-order valence-electron chi connectivity index (χ1n) is 5.61. The average molecular weight is 338 g/mol. The number of rotatable bonds is 3. The minimum absolute atomic E-state index is 0.172. The Hall–Kier alpha value is -1.40. The van der Waals surface area contributed by atoms with Crippen LogP contribution in [0, 0.1) is 6.92 Å². The first kappa shape index (κ1) is 14.0. The molecule has 19 heavy (non-hydrogen) atoms. The van der Waals surface area contributed by atoms with E-state index in [9.17, 15) is 4.79 Å². The van der Waals surface area contributed by atoms with E-state index in [0.717, 1.165) is 10.2 Å². The van der Waals surface area contributed by atoms with Crippen molar-refractivity contribution in [3.8, 4) is 0 Å². The molecular weight excluding hydrogens is 326 g/mol.